The summed E-state index contributed by atoms with van der Waals surface area (Å²) in [5.74, 6) is -1.46. The van der Waals surface area contributed by atoms with Crippen molar-refractivity contribution in [3.63, 3.8) is 0 Å². The summed E-state index contributed by atoms with van der Waals surface area (Å²) in [6, 6.07) is 10.9. The molecule has 2 heterocycles. The Morgan fingerprint density at radius 3 is 2.52 bits per heavy atom. The van der Waals surface area contributed by atoms with E-state index in [4.69, 9.17) is 0 Å². The second-order valence-electron chi connectivity index (χ2n) is 6.06. The summed E-state index contributed by atoms with van der Waals surface area (Å²) in [7, 11) is 0. The van der Waals surface area contributed by atoms with Crippen LogP contribution in [0.1, 0.15) is 31.2 Å². The molecule has 7 heteroatoms. The lowest BCUT2D eigenvalue weighted by molar-refractivity contribution is -0.136. The average molecular weight is 399 g/mol. The molecule has 0 spiro atoms. The maximum atomic E-state index is 12.3. The molecule has 27 heavy (non-hydrogen) atoms. The highest BCUT2D eigenvalue weighted by atomic mass is 32.1. The number of carbonyl (C=O) groups excluding carboxylic acids is 3. The third kappa shape index (κ3) is 4.69. The summed E-state index contributed by atoms with van der Waals surface area (Å²) in [6.45, 7) is 4.03. The SMILES string of the molecule is Cc1ccc(NC(=O)C(=O)NCc2ccc(C(=O)c3ccsc3)s2)c(C)c1. The van der Waals surface area contributed by atoms with Crippen LogP contribution in [0.25, 0.3) is 0 Å². The molecule has 1 aromatic carbocycles. The van der Waals surface area contributed by atoms with E-state index in [1.54, 1.807) is 29.6 Å². The van der Waals surface area contributed by atoms with E-state index in [9.17, 15) is 14.4 Å². The van der Waals surface area contributed by atoms with Gasteiger partial charge in [-0.3, -0.25) is 14.4 Å². The molecule has 0 saturated carbocycles. The molecule has 0 aliphatic rings. The molecule has 0 unspecified atom stereocenters. The second-order valence-corrected chi connectivity index (χ2v) is 8.01. The lowest BCUT2D eigenvalue weighted by Crippen LogP contribution is -2.34. The number of anilines is 1. The first kappa shape index (κ1) is 19.0. The lowest BCUT2D eigenvalue weighted by Gasteiger charge is -2.09. The van der Waals surface area contributed by atoms with Crippen molar-refractivity contribution in [1.29, 1.82) is 0 Å². The van der Waals surface area contributed by atoms with Crippen molar-refractivity contribution < 1.29 is 14.4 Å². The van der Waals surface area contributed by atoms with Gasteiger partial charge < -0.3 is 10.6 Å². The number of carbonyl (C=O) groups is 3. The van der Waals surface area contributed by atoms with Gasteiger partial charge in [0.1, 0.15) is 0 Å². The van der Waals surface area contributed by atoms with Crippen LogP contribution in [0.4, 0.5) is 5.69 Å². The number of amides is 2. The minimum Gasteiger partial charge on any atom is -0.343 e. The molecule has 0 aliphatic heterocycles. The highest BCUT2D eigenvalue weighted by Crippen LogP contribution is 2.21. The van der Waals surface area contributed by atoms with Gasteiger partial charge in [-0.05, 0) is 49.1 Å². The maximum Gasteiger partial charge on any atom is 0.313 e. The zero-order valence-electron chi connectivity index (χ0n) is 14.9. The highest BCUT2D eigenvalue weighted by Gasteiger charge is 2.16. The Morgan fingerprint density at radius 1 is 1.00 bits per heavy atom. The Bertz CT molecular complexity index is 991. The number of hydrogen-bond acceptors (Lipinski definition) is 5. The van der Waals surface area contributed by atoms with E-state index < -0.39 is 11.8 Å². The molecule has 0 aliphatic carbocycles. The lowest BCUT2D eigenvalue weighted by atomic mass is 10.1. The number of nitrogens with one attached hydrogen (secondary N) is 2. The predicted molar refractivity (Wildman–Crippen MR) is 108 cm³/mol. The van der Waals surface area contributed by atoms with Gasteiger partial charge in [-0.25, -0.2) is 0 Å². The van der Waals surface area contributed by atoms with Crippen LogP contribution < -0.4 is 10.6 Å². The van der Waals surface area contributed by atoms with Gasteiger partial charge in [0.2, 0.25) is 5.78 Å². The highest BCUT2D eigenvalue weighted by molar-refractivity contribution is 7.14. The minimum atomic E-state index is -0.715. The van der Waals surface area contributed by atoms with Crippen molar-refractivity contribution in [1.82, 2.24) is 5.32 Å². The summed E-state index contributed by atoms with van der Waals surface area (Å²) in [5.41, 5.74) is 3.25. The number of benzene rings is 1. The molecule has 0 saturated heterocycles. The van der Waals surface area contributed by atoms with E-state index in [-0.39, 0.29) is 12.3 Å². The molecule has 2 amide bonds. The van der Waals surface area contributed by atoms with Crippen molar-refractivity contribution in [2.24, 2.45) is 0 Å². The first-order chi connectivity index (χ1) is 12.9. The minimum absolute atomic E-state index is 0.0357. The van der Waals surface area contributed by atoms with Crippen molar-refractivity contribution >= 4 is 46.0 Å². The molecule has 3 rings (SSSR count). The van der Waals surface area contributed by atoms with Crippen molar-refractivity contribution in [2.75, 3.05) is 5.32 Å². The van der Waals surface area contributed by atoms with Gasteiger partial charge in [-0.15, -0.1) is 11.3 Å². The van der Waals surface area contributed by atoms with Gasteiger partial charge in [0.25, 0.3) is 0 Å². The van der Waals surface area contributed by atoms with Gasteiger partial charge >= 0.3 is 11.8 Å². The number of aryl methyl sites for hydroxylation is 2. The quantitative estimate of drug-likeness (QED) is 0.505. The van der Waals surface area contributed by atoms with Crippen LogP contribution in [0.15, 0.2) is 47.2 Å². The van der Waals surface area contributed by atoms with Crippen LogP contribution in [-0.4, -0.2) is 17.6 Å². The fraction of sp³-hybridized carbons (Fsp3) is 0.150. The van der Waals surface area contributed by atoms with Gasteiger partial charge in [-0.2, -0.15) is 11.3 Å². The summed E-state index contributed by atoms with van der Waals surface area (Å²) < 4.78 is 0. The normalized spacial score (nSPS) is 10.4. The molecular formula is C20H18N2O3S2. The molecule has 2 N–H and O–H groups in total. The Hall–Kier alpha value is -2.77. The number of ketones is 1. The largest absolute Gasteiger partial charge is 0.343 e. The monoisotopic (exact) mass is 398 g/mol. The van der Waals surface area contributed by atoms with E-state index in [2.05, 4.69) is 10.6 Å². The van der Waals surface area contributed by atoms with E-state index >= 15 is 0 Å². The molecule has 3 aromatic rings. The van der Waals surface area contributed by atoms with Crippen LogP contribution in [-0.2, 0) is 16.1 Å². The third-order valence-electron chi connectivity index (χ3n) is 3.93. The van der Waals surface area contributed by atoms with E-state index in [1.807, 2.05) is 31.4 Å². The standard InChI is InChI=1S/C20H18N2O3S2/c1-12-3-5-16(13(2)9-12)22-20(25)19(24)21-10-15-4-6-17(27-15)18(23)14-7-8-26-11-14/h3-9,11H,10H2,1-2H3,(H,21,24)(H,22,25). The number of thiophene rings is 2. The Labute approximate surface area is 165 Å². The topological polar surface area (TPSA) is 75.3 Å². The number of hydrogen-bond donors (Lipinski definition) is 2. The Morgan fingerprint density at radius 2 is 1.81 bits per heavy atom. The summed E-state index contributed by atoms with van der Waals surface area (Å²) in [5, 5.41) is 8.87. The molecule has 5 nitrogen and oxygen atoms in total. The molecule has 2 aromatic heterocycles. The van der Waals surface area contributed by atoms with Crippen LogP contribution in [0.2, 0.25) is 0 Å². The van der Waals surface area contributed by atoms with Crippen molar-refractivity contribution in [3.05, 3.63) is 73.6 Å². The zero-order chi connectivity index (χ0) is 19.4. The molecule has 0 bridgehead atoms. The second kappa shape index (κ2) is 8.28. The summed E-state index contributed by atoms with van der Waals surface area (Å²) in [4.78, 5) is 37.8. The Balaban J connectivity index is 1.56. The van der Waals surface area contributed by atoms with Gasteiger partial charge in [0.15, 0.2) is 0 Å². The van der Waals surface area contributed by atoms with Gasteiger partial charge in [0, 0.05) is 21.5 Å². The molecule has 0 radical (unpaired) electrons. The predicted octanol–water partition coefficient (Wildman–Crippen LogP) is 3.91. The molecule has 138 valence electrons. The van der Waals surface area contributed by atoms with Crippen molar-refractivity contribution in [2.45, 2.75) is 20.4 Å². The van der Waals surface area contributed by atoms with E-state index in [1.165, 1.54) is 22.7 Å². The summed E-state index contributed by atoms with van der Waals surface area (Å²) in [6.07, 6.45) is 0. The fourth-order valence-corrected chi connectivity index (χ4v) is 4.06. The van der Waals surface area contributed by atoms with Gasteiger partial charge in [0.05, 0.1) is 11.4 Å². The number of rotatable bonds is 5. The maximum absolute atomic E-state index is 12.3. The molecule has 0 atom stereocenters. The van der Waals surface area contributed by atoms with Crippen LogP contribution >= 0.6 is 22.7 Å². The zero-order valence-corrected chi connectivity index (χ0v) is 16.5. The van der Waals surface area contributed by atoms with Crippen LogP contribution in [0.3, 0.4) is 0 Å². The van der Waals surface area contributed by atoms with Crippen LogP contribution in [0.5, 0.6) is 0 Å². The average Bonchev–Trinajstić information content (AvgIpc) is 3.33. The first-order valence-electron chi connectivity index (χ1n) is 8.26. The summed E-state index contributed by atoms with van der Waals surface area (Å²) >= 11 is 2.78. The van der Waals surface area contributed by atoms with Crippen molar-refractivity contribution in [3.8, 4) is 0 Å². The molecular weight excluding hydrogens is 380 g/mol. The molecule has 0 fully saturated rings. The first-order valence-corrected chi connectivity index (χ1v) is 10.0. The fourth-order valence-electron chi connectivity index (χ4n) is 2.51. The van der Waals surface area contributed by atoms with E-state index in [0.29, 0.717) is 16.1 Å². The van der Waals surface area contributed by atoms with Crippen LogP contribution in [0, 0.1) is 13.8 Å². The third-order valence-corrected chi connectivity index (χ3v) is 5.70. The Kier molecular flexibility index (Phi) is 5.83. The smallest absolute Gasteiger partial charge is 0.313 e. The van der Waals surface area contributed by atoms with Gasteiger partial charge in [-0.1, -0.05) is 17.7 Å². The van der Waals surface area contributed by atoms with E-state index in [0.717, 1.165) is 16.0 Å².